The maximum absolute atomic E-state index is 12.3. The fourth-order valence-corrected chi connectivity index (χ4v) is 2.73. The van der Waals surface area contributed by atoms with E-state index in [1.165, 1.54) is 0 Å². The molecule has 0 aliphatic rings. The Morgan fingerprint density at radius 3 is 2.57 bits per heavy atom. The lowest BCUT2D eigenvalue weighted by molar-refractivity contribution is 0.0950. The van der Waals surface area contributed by atoms with E-state index in [1.54, 1.807) is 12.3 Å². The average Bonchev–Trinajstić information content (AvgIpc) is 3.25. The Bertz CT molecular complexity index is 976. The molecule has 2 aromatic carbocycles. The number of unbranched alkanes of at least 4 members (excludes halogenated alkanes) is 1. The Morgan fingerprint density at radius 1 is 1.17 bits per heavy atom. The summed E-state index contributed by atoms with van der Waals surface area (Å²) >= 11 is 0. The molecule has 0 radical (unpaired) electrons. The fourth-order valence-electron chi connectivity index (χ4n) is 2.73. The van der Waals surface area contributed by atoms with Gasteiger partial charge in [0.25, 0.3) is 5.91 Å². The van der Waals surface area contributed by atoms with E-state index in [9.17, 15) is 4.79 Å². The van der Waals surface area contributed by atoms with Crippen LogP contribution < -0.4 is 15.1 Å². The van der Waals surface area contributed by atoms with Gasteiger partial charge in [-0.25, -0.2) is 5.43 Å². The van der Waals surface area contributed by atoms with E-state index < -0.39 is 0 Å². The molecule has 3 aromatic rings. The lowest BCUT2D eigenvalue weighted by atomic mass is 10.1. The summed E-state index contributed by atoms with van der Waals surface area (Å²) in [6, 6.07) is 17.2. The number of nitrogens with zero attached hydrogens (tertiary/aromatic N) is 3. The second-order valence-corrected chi connectivity index (χ2v) is 7.08. The third-order valence-corrected chi connectivity index (χ3v) is 4.53. The number of nitrogens with one attached hydrogen (secondary N) is 2. The molecule has 0 spiro atoms. The summed E-state index contributed by atoms with van der Waals surface area (Å²) in [4.78, 5) is 14.3. The fraction of sp³-hybridized carbons (Fsp3) is 0.261. The molecule has 7 nitrogen and oxygen atoms in total. The van der Waals surface area contributed by atoms with Crippen LogP contribution in [-0.4, -0.2) is 43.0 Å². The predicted octanol–water partition coefficient (Wildman–Crippen LogP) is 4.09. The SMILES string of the molecule is CCCCOc1ccc(-c2cc(C(=O)N/N=C/c3ccc(N(C)C)cc3)[nH]n2)cc1. The average molecular weight is 406 g/mol. The van der Waals surface area contributed by atoms with Crippen molar-refractivity contribution in [2.24, 2.45) is 5.10 Å². The highest BCUT2D eigenvalue weighted by Gasteiger charge is 2.10. The zero-order chi connectivity index (χ0) is 21.3. The molecule has 156 valence electrons. The van der Waals surface area contributed by atoms with E-state index in [4.69, 9.17) is 4.74 Å². The summed E-state index contributed by atoms with van der Waals surface area (Å²) in [7, 11) is 3.97. The van der Waals surface area contributed by atoms with E-state index in [-0.39, 0.29) is 5.91 Å². The first-order valence-electron chi connectivity index (χ1n) is 9.96. The van der Waals surface area contributed by atoms with Crippen LogP contribution in [0.3, 0.4) is 0 Å². The maximum Gasteiger partial charge on any atom is 0.289 e. The molecule has 0 saturated carbocycles. The zero-order valence-electron chi connectivity index (χ0n) is 17.6. The van der Waals surface area contributed by atoms with Crippen molar-refractivity contribution in [3.8, 4) is 17.0 Å². The molecule has 0 aliphatic heterocycles. The Morgan fingerprint density at radius 2 is 1.90 bits per heavy atom. The molecule has 1 aromatic heterocycles. The van der Waals surface area contributed by atoms with Crippen LogP contribution in [0.15, 0.2) is 59.7 Å². The van der Waals surface area contributed by atoms with Crippen LogP contribution in [0.1, 0.15) is 35.8 Å². The minimum absolute atomic E-state index is 0.341. The van der Waals surface area contributed by atoms with Crippen LogP contribution in [-0.2, 0) is 0 Å². The van der Waals surface area contributed by atoms with Gasteiger partial charge < -0.3 is 9.64 Å². The Kier molecular flexibility index (Phi) is 7.21. The van der Waals surface area contributed by atoms with Crippen LogP contribution in [0, 0.1) is 0 Å². The van der Waals surface area contributed by atoms with Crippen molar-refractivity contribution >= 4 is 17.8 Å². The number of anilines is 1. The minimum Gasteiger partial charge on any atom is -0.494 e. The van der Waals surface area contributed by atoms with E-state index in [1.807, 2.05) is 67.5 Å². The molecule has 2 N–H and O–H groups in total. The highest BCUT2D eigenvalue weighted by molar-refractivity contribution is 5.94. The molecule has 30 heavy (non-hydrogen) atoms. The van der Waals surface area contributed by atoms with Gasteiger partial charge in [0.2, 0.25) is 0 Å². The molecular weight excluding hydrogens is 378 g/mol. The van der Waals surface area contributed by atoms with Crippen molar-refractivity contribution in [1.82, 2.24) is 15.6 Å². The first-order chi connectivity index (χ1) is 14.6. The van der Waals surface area contributed by atoms with Gasteiger partial charge in [-0.05, 0) is 54.4 Å². The monoisotopic (exact) mass is 405 g/mol. The number of rotatable bonds is 9. The largest absolute Gasteiger partial charge is 0.494 e. The predicted molar refractivity (Wildman–Crippen MR) is 120 cm³/mol. The summed E-state index contributed by atoms with van der Waals surface area (Å²) in [6.45, 7) is 2.84. The van der Waals surface area contributed by atoms with Gasteiger partial charge >= 0.3 is 0 Å². The second-order valence-electron chi connectivity index (χ2n) is 7.08. The van der Waals surface area contributed by atoms with Crippen LogP contribution in [0.2, 0.25) is 0 Å². The molecule has 0 saturated heterocycles. The molecule has 3 rings (SSSR count). The molecule has 0 aliphatic carbocycles. The highest BCUT2D eigenvalue weighted by atomic mass is 16.5. The Balaban J connectivity index is 1.56. The van der Waals surface area contributed by atoms with E-state index in [0.717, 1.165) is 35.4 Å². The summed E-state index contributed by atoms with van der Waals surface area (Å²) in [5, 5.41) is 11.0. The molecular formula is C23H27N5O2. The summed E-state index contributed by atoms with van der Waals surface area (Å²) in [5.41, 5.74) is 6.44. The third kappa shape index (κ3) is 5.70. The van der Waals surface area contributed by atoms with E-state index in [2.05, 4.69) is 27.6 Å². The number of amides is 1. The van der Waals surface area contributed by atoms with Gasteiger partial charge in [-0.1, -0.05) is 25.5 Å². The van der Waals surface area contributed by atoms with Gasteiger partial charge in [-0.3, -0.25) is 9.89 Å². The zero-order valence-corrected chi connectivity index (χ0v) is 17.6. The lowest BCUT2D eigenvalue weighted by Crippen LogP contribution is -2.18. The lowest BCUT2D eigenvalue weighted by Gasteiger charge is -2.11. The van der Waals surface area contributed by atoms with Crippen LogP contribution in [0.4, 0.5) is 5.69 Å². The van der Waals surface area contributed by atoms with Crippen LogP contribution in [0.25, 0.3) is 11.3 Å². The van der Waals surface area contributed by atoms with Gasteiger partial charge in [-0.15, -0.1) is 0 Å². The molecule has 0 unspecified atom stereocenters. The topological polar surface area (TPSA) is 82.6 Å². The number of aromatic amines is 1. The number of hydrazone groups is 1. The number of H-pyrrole nitrogens is 1. The Hall–Kier alpha value is -3.61. The second kappa shape index (κ2) is 10.2. The molecule has 7 heteroatoms. The maximum atomic E-state index is 12.3. The van der Waals surface area contributed by atoms with Crippen molar-refractivity contribution in [3.63, 3.8) is 0 Å². The molecule has 1 heterocycles. The number of aromatic nitrogens is 2. The minimum atomic E-state index is -0.352. The van der Waals surface area contributed by atoms with Crippen molar-refractivity contribution in [1.29, 1.82) is 0 Å². The van der Waals surface area contributed by atoms with E-state index in [0.29, 0.717) is 18.0 Å². The van der Waals surface area contributed by atoms with Crippen LogP contribution >= 0.6 is 0 Å². The molecule has 0 fully saturated rings. The van der Waals surface area contributed by atoms with Crippen molar-refractivity contribution in [2.45, 2.75) is 19.8 Å². The van der Waals surface area contributed by atoms with Crippen molar-refractivity contribution in [2.75, 3.05) is 25.6 Å². The smallest absolute Gasteiger partial charge is 0.289 e. The van der Waals surface area contributed by atoms with Crippen molar-refractivity contribution in [3.05, 3.63) is 65.9 Å². The number of hydrogen-bond acceptors (Lipinski definition) is 5. The number of carbonyl (C=O) groups excluding carboxylic acids is 1. The van der Waals surface area contributed by atoms with Gasteiger partial charge in [0, 0.05) is 25.3 Å². The first kappa shape index (κ1) is 21.1. The van der Waals surface area contributed by atoms with E-state index >= 15 is 0 Å². The number of carbonyl (C=O) groups is 1. The quantitative estimate of drug-likeness (QED) is 0.319. The van der Waals surface area contributed by atoms with Gasteiger partial charge in [-0.2, -0.15) is 10.2 Å². The summed E-state index contributed by atoms with van der Waals surface area (Å²) in [6.07, 6.45) is 3.73. The molecule has 1 amide bonds. The molecule has 0 atom stereocenters. The standard InChI is InChI=1S/C23H27N5O2/c1-4-5-14-30-20-12-8-18(9-13-20)21-15-22(26-25-21)23(29)27-24-16-17-6-10-19(11-7-17)28(2)3/h6-13,15-16H,4-5,14H2,1-3H3,(H,25,26)(H,27,29)/b24-16+. The number of ether oxygens (including phenoxy) is 1. The summed E-state index contributed by atoms with van der Waals surface area (Å²) < 4.78 is 5.67. The number of benzene rings is 2. The Labute approximate surface area is 176 Å². The van der Waals surface area contributed by atoms with Crippen LogP contribution in [0.5, 0.6) is 5.75 Å². The third-order valence-electron chi connectivity index (χ3n) is 4.53. The highest BCUT2D eigenvalue weighted by Crippen LogP contribution is 2.21. The number of hydrogen-bond donors (Lipinski definition) is 2. The van der Waals surface area contributed by atoms with Crippen molar-refractivity contribution < 1.29 is 9.53 Å². The van der Waals surface area contributed by atoms with Gasteiger partial charge in [0.05, 0.1) is 18.5 Å². The normalized spacial score (nSPS) is 10.9. The van der Waals surface area contributed by atoms with Gasteiger partial charge in [0.15, 0.2) is 0 Å². The van der Waals surface area contributed by atoms with Gasteiger partial charge in [0.1, 0.15) is 11.4 Å². The summed E-state index contributed by atoms with van der Waals surface area (Å²) in [5.74, 6) is 0.475. The molecule has 0 bridgehead atoms. The first-order valence-corrected chi connectivity index (χ1v) is 9.96.